The van der Waals surface area contributed by atoms with Gasteiger partial charge in [0, 0.05) is 24.3 Å². The molecule has 0 aliphatic rings. The van der Waals surface area contributed by atoms with E-state index >= 15 is 0 Å². The van der Waals surface area contributed by atoms with Gasteiger partial charge in [0.15, 0.2) is 5.16 Å². The van der Waals surface area contributed by atoms with E-state index in [9.17, 15) is 18.0 Å². The number of carbonyl (C=O) groups is 1. The molecule has 26 heavy (non-hydrogen) atoms. The van der Waals surface area contributed by atoms with Crippen molar-refractivity contribution < 1.29 is 18.3 Å². The Morgan fingerprint density at radius 3 is 2.50 bits per heavy atom. The van der Waals surface area contributed by atoms with Crippen molar-refractivity contribution >= 4 is 27.7 Å². The number of aromatic amines is 1. The van der Waals surface area contributed by atoms with Gasteiger partial charge in [-0.25, -0.2) is 18.1 Å². The van der Waals surface area contributed by atoms with Crippen molar-refractivity contribution in [2.75, 3.05) is 12.4 Å². The molecule has 8 nitrogen and oxygen atoms in total. The molecule has 2 aromatic rings. The summed E-state index contributed by atoms with van der Waals surface area (Å²) in [6.45, 7) is 3.29. The van der Waals surface area contributed by atoms with Crippen LogP contribution < -0.4 is 10.3 Å². The van der Waals surface area contributed by atoms with Crippen LogP contribution in [-0.2, 0) is 21.2 Å². The first-order chi connectivity index (χ1) is 12.2. The maximum Gasteiger partial charge on any atom is 0.264 e. The highest BCUT2D eigenvalue weighted by Crippen LogP contribution is 2.14. The lowest BCUT2D eigenvalue weighted by molar-refractivity contribution is -0.116. The minimum absolute atomic E-state index is 0.00261. The summed E-state index contributed by atoms with van der Waals surface area (Å²) in [5.41, 5.74) is 1.35. The van der Waals surface area contributed by atoms with Gasteiger partial charge in [-0.3, -0.25) is 9.59 Å². The largest absolute Gasteiger partial charge is 0.396 e. The molecule has 0 saturated heterocycles. The second-order valence-corrected chi connectivity index (χ2v) is 8.19. The average molecular weight is 397 g/mol. The van der Waals surface area contributed by atoms with E-state index in [1.807, 2.05) is 11.6 Å². The summed E-state index contributed by atoms with van der Waals surface area (Å²) >= 11 is 0.916. The van der Waals surface area contributed by atoms with Gasteiger partial charge in [-0.05, 0) is 26.0 Å². The Labute approximate surface area is 155 Å². The van der Waals surface area contributed by atoms with Gasteiger partial charge in [0.1, 0.15) is 0 Å². The Bertz CT molecular complexity index is 953. The molecule has 0 unspecified atom stereocenters. The quantitative estimate of drug-likeness (QED) is 0.459. The summed E-state index contributed by atoms with van der Waals surface area (Å²) in [6, 6.07) is 6.11. The molecule has 3 N–H and O–H groups in total. The first-order valence-electron chi connectivity index (χ1n) is 7.68. The lowest BCUT2D eigenvalue weighted by Crippen LogP contribution is -2.32. The molecule has 2 rings (SSSR count). The fourth-order valence-electron chi connectivity index (χ4n) is 2.15. The van der Waals surface area contributed by atoms with Gasteiger partial charge < -0.3 is 10.1 Å². The van der Waals surface area contributed by atoms with Gasteiger partial charge in [-0.1, -0.05) is 29.5 Å². The minimum atomic E-state index is -3.94. The van der Waals surface area contributed by atoms with Crippen molar-refractivity contribution in [3.05, 3.63) is 51.4 Å². The Morgan fingerprint density at radius 1 is 1.27 bits per heavy atom. The monoisotopic (exact) mass is 397 g/mol. The maximum absolute atomic E-state index is 12.2. The fraction of sp³-hybridized carbons (Fsp3) is 0.312. The third-order valence-corrected chi connectivity index (χ3v) is 5.74. The number of rotatable bonds is 7. The van der Waals surface area contributed by atoms with Crippen LogP contribution in [0.4, 0.5) is 0 Å². The van der Waals surface area contributed by atoms with E-state index in [0.29, 0.717) is 11.3 Å². The van der Waals surface area contributed by atoms with E-state index in [2.05, 4.69) is 9.97 Å². The molecule has 0 atom stereocenters. The van der Waals surface area contributed by atoms with E-state index in [-0.39, 0.29) is 34.4 Å². The van der Waals surface area contributed by atoms with Crippen LogP contribution in [0.3, 0.4) is 0 Å². The zero-order valence-electron chi connectivity index (χ0n) is 14.3. The molecular weight excluding hydrogens is 378 g/mol. The molecular formula is C16H19N3O5S2. The van der Waals surface area contributed by atoms with Crippen LogP contribution in [-0.4, -0.2) is 41.8 Å². The van der Waals surface area contributed by atoms with Gasteiger partial charge in [0.2, 0.25) is 5.91 Å². The molecule has 140 valence electrons. The number of hydrogen-bond donors (Lipinski definition) is 3. The van der Waals surface area contributed by atoms with Crippen LogP contribution in [0.1, 0.15) is 16.8 Å². The number of aliphatic hydroxyl groups is 1. The first kappa shape index (κ1) is 20.1. The van der Waals surface area contributed by atoms with E-state index in [1.165, 1.54) is 12.1 Å². The predicted octanol–water partition coefficient (Wildman–Crippen LogP) is 0.519. The molecule has 0 fully saturated rings. The van der Waals surface area contributed by atoms with Gasteiger partial charge in [0.25, 0.3) is 15.6 Å². The molecule has 1 amide bonds. The van der Waals surface area contributed by atoms with Crippen LogP contribution in [0.15, 0.2) is 39.1 Å². The first-order valence-corrected chi connectivity index (χ1v) is 10.2. The van der Waals surface area contributed by atoms with E-state index in [1.54, 1.807) is 19.1 Å². The molecule has 0 radical (unpaired) electrons. The molecule has 1 aromatic carbocycles. The number of amides is 1. The van der Waals surface area contributed by atoms with Crippen LogP contribution in [0, 0.1) is 13.8 Å². The summed E-state index contributed by atoms with van der Waals surface area (Å²) in [6.07, 6.45) is 0.189. The number of aliphatic hydroxyl groups excluding tert-OH is 1. The molecule has 10 heteroatoms. The molecule has 0 aliphatic carbocycles. The summed E-state index contributed by atoms with van der Waals surface area (Å²) in [7, 11) is -3.94. The Balaban J connectivity index is 2.03. The number of thioether (sulfide) groups is 1. The SMILES string of the molecule is Cc1ccc(S(=O)(=O)NC(=O)CSc2nc(C)c(CCO)c(=O)[nH]2)cc1. The molecule has 1 heterocycles. The van der Waals surface area contributed by atoms with Crippen molar-refractivity contribution in [2.24, 2.45) is 0 Å². The zero-order valence-corrected chi connectivity index (χ0v) is 15.9. The lowest BCUT2D eigenvalue weighted by Gasteiger charge is -2.08. The number of nitrogens with one attached hydrogen (secondary N) is 2. The van der Waals surface area contributed by atoms with Crippen LogP contribution in [0.25, 0.3) is 0 Å². The molecule has 1 aromatic heterocycles. The van der Waals surface area contributed by atoms with Crippen molar-refractivity contribution in [3.63, 3.8) is 0 Å². The van der Waals surface area contributed by atoms with Crippen LogP contribution in [0.5, 0.6) is 0 Å². The van der Waals surface area contributed by atoms with Crippen molar-refractivity contribution in [1.82, 2.24) is 14.7 Å². The van der Waals surface area contributed by atoms with Gasteiger partial charge in [-0.2, -0.15) is 0 Å². The average Bonchev–Trinajstić information content (AvgIpc) is 2.56. The highest BCUT2D eigenvalue weighted by Gasteiger charge is 2.18. The number of aryl methyl sites for hydroxylation is 2. The Hall–Kier alpha value is -2.17. The second kappa shape index (κ2) is 8.47. The smallest absolute Gasteiger partial charge is 0.264 e. The molecule has 0 bridgehead atoms. The fourth-order valence-corrected chi connectivity index (χ4v) is 3.93. The number of hydrogen-bond acceptors (Lipinski definition) is 7. The highest BCUT2D eigenvalue weighted by atomic mass is 32.2. The Kier molecular flexibility index (Phi) is 6.57. The minimum Gasteiger partial charge on any atom is -0.396 e. The third kappa shape index (κ3) is 5.16. The van der Waals surface area contributed by atoms with Crippen molar-refractivity contribution in [1.29, 1.82) is 0 Å². The lowest BCUT2D eigenvalue weighted by atomic mass is 10.2. The van der Waals surface area contributed by atoms with Gasteiger partial charge in [0.05, 0.1) is 10.6 Å². The molecule has 0 saturated carbocycles. The number of H-pyrrole nitrogens is 1. The topological polar surface area (TPSA) is 129 Å². The summed E-state index contributed by atoms with van der Waals surface area (Å²) in [5, 5.41) is 9.14. The number of sulfonamides is 1. The van der Waals surface area contributed by atoms with Crippen LogP contribution >= 0.6 is 11.8 Å². The van der Waals surface area contributed by atoms with Gasteiger partial charge in [-0.15, -0.1) is 0 Å². The third-order valence-electron chi connectivity index (χ3n) is 3.48. The predicted molar refractivity (Wildman–Crippen MR) is 97.6 cm³/mol. The van der Waals surface area contributed by atoms with E-state index < -0.39 is 15.9 Å². The molecule has 0 spiro atoms. The number of aromatic nitrogens is 2. The second-order valence-electron chi connectivity index (χ2n) is 5.54. The summed E-state index contributed by atoms with van der Waals surface area (Å²) in [5.74, 6) is -0.956. The zero-order chi connectivity index (χ0) is 19.3. The van der Waals surface area contributed by atoms with Crippen LogP contribution in [0.2, 0.25) is 0 Å². The number of nitrogens with zero attached hydrogens (tertiary/aromatic N) is 1. The van der Waals surface area contributed by atoms with E-state index in [0.717, 1.165) is 17.3 Å². The Morgan fingerprint density at radius 2 is 1.92 bits per heavy atom. The normalized spacial score (nSPS) is 11.3. The highest BCUT2D eigenvalue weighted by molar-refractivity contribution is 8.00. The van der Waals surface area contributed by atoms with Crippen molar-refractivity contribution in [2.45, 2.75) is 30.3 Å². The standard InChI is InChI=1S/C16H19N3O5S2/c1-10-3-5-12(6-4-10)26(23,24)19-14(21)9-25-16-17-11(2)13(7-8-20)15(22)18-16/h3-6,20H,7-9H2,1-2H3,(H,19,21)(H,17,18,22). The number of carbonyl (C=O) groups excluding carboxylic acids is 1. The summed E-state index contributed by atoms with van der Waals surface area (Å²) in [4.78, 5) is 30.5. The van der Waals surface area contributed by atoms with Gasteiger partial charge >= 0.3 is 0 Å². The van der Waals surface area contributed by atoms with E-state index in [4.69, 9.17) is 5.11 Å². The summed E-state index contributed by atoms with van der Waals surface area (Å²) < 4.78 is 26.3. The number of benzene rings is 1. The maximum atomic E-state index is 12.2. The van der Waals surface area contributed by atoms with Crippen molar-refractivity contribution in [3.8, 4) is 0 Å². The molecule has 0 aliphatic heterocycles.